The van der Waals surface area contributed by atoms with Gasteiger partial charge >= 0.3 is 12.1 Å². The minimum atomic E-state index is -4.46. The number of alkyl halides is 3. The summed E-state index contributed by atoms with van der Waals surface area (Å²) >= 11 is 0. The number of guanidine groups is 2. The summed E-state index contributed by atoms with van der Waals surface area (Å²) in [7, 11) is 0. The van der Waals surface area contributed by atoms with E-state index in [1.54, 1.807) is 0 Å². The molecule has 1 aliphatic heterocycles. The first-order valence-electron chi connectivity index (χ1n) is 9.04. The third-order valence-corrected chi connectivity index (χ3v) is 3.71. The summed E-state index contributed by atoms with van der Waals surface area (Å²) in [4.78, 5) is 23.0. The third-order valence-electron chi connectivity index (χ3n) is 3.71. The van der Waals surface area contributed by atoms with E-state index in [4.69, 9.17) is 9.47 Å². The zero-order chi connectivity index (χ0) is 22.0. The van der Waals surface area contributed by atoms with Gasteiger partial charge in [0.1, 0.15) is 17.9 Å². The first kappa shape index (κ1) is 23.1. The minimum absolute atomic E-state index is 0.0305. The normalized spacial score (nSPS) is 18.1. The Morgan fingerprint density at radius 3 is 2.77 bits per heavy atom. The number of carboxylic acid groups (broad SMARTS) is 1. The molecule has 0 saturated heterocycles. The number of hydrogen-bond acceptors (Lipinski definition) is 8. The van der Waals surface area contributed by atoms with Gasteiger partial charge in [0, 0.05) is 18.4 Å². The number of carboxylic acids is 1. The number of halogens is 3. The van der Waals surface area contributed by atoms with Crippen LogP contribution >= 0.6 is 0 Å². The molecule has 0 saturated carbocycles. The highest BCUT2D eigenvalue weighted by molar-refractivity contribution is 6.04. The van der Waals surface area contributed by atoms with E-state index in [-0.39, 0.29) is 43.0 Å². The monoisotopic (exact) mass is 429 g/mol. The SMILES string of the molecule is C=N/C1=N\C(NCC(F)(F)F)=NCCOCCCCOc2cc(ccc2C(=O)O)N1. The largest absolute Gasteiger partial charge is 0.493 e. The Hall–Kier alpha value is -3.15. The van der Waals surface area contributed by atoms with Gasteiger partial charge in [0.15, 0.2) is 0 Å². The van der Waals surface area contributed by atoms with Crippen LogP contribution < -0.4 is 15.4 Å². The molecule has 3 N–H and O–H groups in total. The number of nitrogens with one attached hydrogen (secondary N) is 2. The van der Waals surface area contributed by atoms with Crippen LogP contribution in [0.15, 0.2) is 33.2 Å². The van der Waals surface area contributed by atoms with Crippen LogP contribution in [0.1, 0.15) is 23.2 Å². The summed E-state index contributed by atoms with van der Waals surface area (Å²) in [6.45, 7) is 3.00. The highest BCUT2D eigenvalue weighted by atomic mass is 19.4. The van der Waals surface area contributed by atoms with Crippen LogP contribution in [-0.2, 0) is 4.74 Å². The topological polar surface area (TPSA) is 117 Å². The minimum Gasteiger partial charge on any atom is -0.493 e. The second kappa shape index (κ2) is 11.1. The van der Waals surface area contributed by atoms with E-state index in [9.17, 15) is 23.1 Å². The molecular weight excluding hydrogens is 407 g/mol. The van der Waals surface area contributed by atoms with Gasteiger partial charge in [-0.1, -0.05) is 0 Å². The highest BCUT2D eigenvalue weighted by Gasteiger charge is 2.27. The summed E-state index contributed by atoms with van der Waals surface area (Å²) in [6.07, 6.45) is -3.18. The molecule has 164 valence electrons. The Bertz CT molecular complexity index is 812. The molecule has 0 spiro atoms. The predicted molar refractivity (Wildman–Crippen MR) is 106 cm³/mol. The smallest absolute Gasteiger partial charge is 0.405 e. The van der Waals surface area contributed by atoms with E-state index in [1.165, 1.54) is 18.2 Å². The van der Waals surface area contributed by atoms with Crippen molar-refractivity contribution < 1.29 is 32.5 Å². The van der Waals surface area contributed by atoms with E-state index in [0.717, 1.165) is 0 Å². The van der Waals surface area contributed by atoms with Crippen LogP contribution in [-0.4, -0.2) is 68.8 Å². The third kappa shape index (κ3) is 8.07. The number of rotatable bonds is 2. The van der Waals surface area contributed by atoms with Gasteiger partial charge in [0.05, 0.1) is 19.8 Å². The van der Waals surface area contributed by atoms with E-state index in [2.05, 4.69) is 32.3 Å². The number of anilines is 1. The highest BCUT2D eigenvalue weighted by Crippen LogP contribution is 2.24. The van der Waals surface area contributed by atoms with E-state index in [1.807, 2.05) is 0 Å². The molecule has 12 heteroatoms. The second-order valence-corrected chi connectivity index (χ2v) is 6.08. The predicted octanol–water partition coefficient (Wildman–Crippen LogP) is 2.55. The summed E-state index contributed by atoms with van der Waals surface area (Å²) in [5.41, 5.74) is 0.337. The van der Waals surface area contributed by atoms with Crippen molar-refractivity contribution in [2.24, 2.45) is 15.0 Å². The maximum Gasteiger partial charge on any atom is 0.405 e. The number of fused-ring (bicyclic) bond motifs is 2. The maximum absolute atomic E-state index is 12.6. The molecular formula is C18H22F3N5O4. The first-order chi connectivity index (χ1) is 14.3. The second-order valence-electron chi connectivity index (χ2n) is 6.08. The van der Waals surface area contributed by atoms with Crippen molar-refractivity contribution in [2.75, 3.05) is 38.2 Å². The first-order valence-corrected chi connectivity index (χ1v) is 9.04. The number of aromatic carboxylic acids is 1. The standard InChI is InChI=1S/C18H22F3N5O4/c1-22-16-25-12-4-5-13(15(27)28)14(10-12)30-8-3-2-7-29-9-6-23-17(26-16)24-11-18(19,20)21/h4-5,10H,1-3,6-9,11H2,(H,27,28)(H2,23,24,25,26). The van der Waals surface area contributed by atoms with Crippen LogP contribution in [0.3, 0.4) is 0 Å². The number of aliphatic imine (C=N–C) groups is 3. The Kier molecular flexibility index (Phi) is 8.59. The summed E-state index contributed by atoms with van der Waals surface area (Å²) < 4.78 is 48.6. The quantitative estimate of drug-likeness (QED) is 0.622. The van der Waals surface area contributed by atoms with Crippen LogP contribution in [0.4, 0.5) is 18.9 Å². The van der Waals surface area contributed by atoms with Crippen molar-refractivity contribution in [1.29, 1.82) is 0 Å². The van der Waals surface area contributed by atoms with Crippen LogP contribution in [0.25, 0.3) is 0 Å². The van der Waals surface area contributed by atoms with E-state index in [0.29, 0.717) is 25.1 Å². The molecule has 0 atom stereocenters. The van der Waals surface area contributed by atoms with Crippen molar-refractivity contribution in [3.63, 3.8) is 0 Å². The van der Waals surface area contributed by atoms with Crippen molar-refractivity contribution in [3.8, 4) is 5.75 Å². The molecule has 1 aliphatic rings. The van der Waals surface area contributed by atoms with Crippen molar-refractivity contribution in [1.82, 2.24) is 5.32 Å². The average molecular weight is 429 g/mol. The average Bonchev–Trinajstić information content (AvgIpc) is 2.68. The molecule has 1 heterocycles. The van der Waals surface area contributed by atoms with Gasteiger partial charge in [-0.2, -0.15) is 18.2 Å². The summed E-state index contributed by atoms with van der Waals surface area (Å²) in [6, 6.07) is 4.23. The van der Waals surface area contributed by atoms with Gasteiger partial charge in [-0.05, 0) is 31.7 Å². The number of hydrogen-bond donors (Lipinski definition) is 3. The van der Waals surface area contributed by atoms with E-state index >= 15 is 0 Å². The van der Waals surface area contributed by atoms with Crippen molar-refractivity contribution >= 4 is 30.3 Å². The lowest BCUT2D eigenvalue weighted by Gasteiger charge is -2.14. The number of nitrogens with zero attached hydrogens (tertiary/aromatic N) is 3. The molecule has 0 amide bonds. The van der Waals surface area contributed by atoms with Gasteiger partial charge < -0.3 is 25.2 Å². The molecule has 2 rings (SSSR count). The number of ether oxygens (including phenoxy) is 2. The lowest BCUT2D eigenvalue weighted by molar-refractivity contribution is -0.122. The van der Waals surface area contributed by atoms with Gasteiger partial charge in [-0.3, -0.25) is 0 Å². The Balaban J connectivity index is 2.32. The number of benzene rings is 1. The number of carbonyl (C=O) groups is 1. The fourth-order valence-corrected chi connectivity index (χ4v) is 2.34. The zero-order valence-corrected chi connectivity index (χ0v) is 16.0. The maximum atomic E-state index is 12.6. The summed E-state index contributed by atoms with van der Waals surface area (Å²) in [5, 5.41) is 14.2. The Morgan fingerprint density at radius 2 is 2.07 bits per heavy atom. The molecule has 30 heavy (non-hydrogen) atoms. The van der Waals surface area contributed by atoms with Crippen LogP contribution in [0.5, 0.6) is 5.75 Å². The van der Waals surface area contributed by atoms with Crippen molar-refractivity contribution in [3.05, 3.63) is 23.8 Å². The molecule has 1 aromatic carbocycles. The Labute approximate surface area is 170 Å². The molecule has 9 nitrogen and oxygen atoms in total. The van der Waals surface area contributed by atoms with Crippen LogP contribution in [0.2, 0.25) is 0 Å². The zero-order valence-electron chi connectivity index (χ0n) is 16.0. The van der Waals surface area contributed by atoms with E-state index < -0.39 is 18.7 Å². The fourth-order valence-electron chi connectivity index (χ4n) is 2.34. The molecule has 1 aromatic rings. The lowest BCUT2D eigenvalue weighted by Crippen LogP contribution is -2.34. The summed E-state index contributed by atoms with van der Waals surface area (Å²) in [5.74, 6) is -1.45. The van der Waals surface area contributed by atoms with Gasteiger partial charge in [-0.25, -0.2) is 14.8 Å². The lowest BCUT2D eigenvalue weighted by atomic mass is 10.2. The molecule has 0 aliphatic carbocycles. The van der Waals surface area contributed by atoms with Crippen molar-refractivity contribution in [2.45, 2.75) is 19.0 Å². The molecule has 0 radical (unpaired) electrons. The molecule has 0 fully saturated rings. The van der Waals surface area contributed by atoms with Gasteiger partial charge in [0.2, 0.25) is 11.9 Å². The molecule has 2 bridgehead atoms. The Morgan fingerprint density at radius 1 is 1.30 bits per heavy atom. The van der Waals surface area contributed by atoms with Gasteiger partial charge in [0.25, 0.3) is 0 Å². The van der Waals surface area contributed by atoms with Gasteiger partial charge in [-0.15, -0.1) is 0 Å². The molecule has 0 unspecified atom stereocenters. The fraction of sp³-hybridized carbons (Fsp3) is 0.444. The molecule has 0 aromatic heterocycles. The van der Waals surface area contributed by atoms with Crippen LogP contribution in [0, 0.1) is 0 Å².